The summed E-state index contributed by atoms with van der Waals surface area (Å²) in [6.07, 6.45) is 0. The molecular formula is C17H15N3O4S. The highest BCUT2D eigenvalue weighted by Crippen LogP contribution is 2.13. The van der Waals surface area contributed by atoms with Gasteiger partial charge in [-0.25, -0.2) is 0 Å². The Hall–Kier alpha value is -3.18. The Bertz CT molecular complexity index is 915. The number of oxime groups is 1. The predicted octanol–water partition coefficient (Wildman–Crippen LogP) is 1.90. The lowest BCUT2D eigenvalue weighted by molar-refractivity contribution is -0.114. The van der Waals surface area contributed by atoms with Crippen molar-refractivity contribution in [1.29, 1.82) is 5.26 Å². The zero-order chi connectivity index (χ0) is 18.3. The van der Waals surface area contributed by atoms with Crippen LogP contribution in [0.25, 0.3) is 0 Å². The summed E-state index contributed by atoms with van der Waals surface area (Å²) in [5, 5.41) is 14.6. The van der Waals surface area contributed by atoms with Gasteiger partial charge in [-0.05, 0) is 29.8 Å². The highest BCUT2D eigenvalue weighted by Gasteiger charge is 2.18. The van der Waals surface area contributed by atoms with Gasteiger partial charge in [-0.15, -0.1) is 0 Å². The highest BCUT2D eigenvalue weighted by molar-refractivity contribution is 7.86. The van der Waals surface area contributed by atoms with Gasteiger partial charge in [-0.2, -0.15) is 13.7 Å². The largest absolute Gasteiger partial charge is 0.358 e. The number of benzene rings is 2. The third-order valence-electron chi connectivity index (χ3n) is 3.15. The van der Waals surface area contributed by atoms with Gasteiger partial charge in [0.2, 0.25) is 5.71 Å². The molecule has 0 fully saturated rings. The summed E-state index contributed by atoms with van der Waals surface area (Å²) in [5.74, 6) is -0.828. The summed E-state index contributed by atoms with van der Waals surface area (Å²) >= 11 is 0. The molecule has 128 valence electrons. The Morgan fingerprint density at radius 3 is 2.40 bits per heavy atom. The zero-order valence-corrected chi connectivity index (χ0v) is 14.2. The number of hydrogen-bond acceptors (Lipinski definition) is 6. The molecule has 25 heavy (non-hydrogen) atoms. The van der Waals surface area contributed by atoms with Crippen molar-refractivity contribution >= 4 is 21.7 Å². The van der Waals surface area contributed by atoms with Crippen LogP contribution in [0.15, 0.2) is 64.6 Å². The third-order valence-corrected chi connectivity index (χ3v) is 4.27. The molecule has 2 aromatic rings. The average molecular weight is 357 g/mol. The Morgan fingerprint density at radius 1 is 1.16 bits per heavy atom. The number of rotatable bonds is 6. The van der Waals surface area contributed by atoms with Gasteiger partial charge < -0.3 is 5.32 Å². The van der Waals surface area contributed by atoms with Gasteiger partial charge in [0, 0.05) is 6.54 Å². The van der Waals surface area contributed by atoms with Crippen LogP contribution in [-0.4, -0.2) is 20.0 Å². The lowest BCUT2D eigenvalue weighted by Crippen LogP contribution is -2.30. The molecule has 0 spiro atoms. The second-order valence-electron chi connectivity index (χ2n) is 5.06. The summed E-state index contributed by atoms with van der Waals surface area (Å²) in [6.45, 7) is 1.98. The fourth-order valence-electron chi connectivity index (χ4n) is 1.81. The molecule has 8 heteroatoms. The van der Waals surface area contributed by atoms with E-state index in [2.05, 4.69) is 14.8 Å². The quantitative estimate of drug-likeness (QED) is 0.627. The van der Waals surface area contributed by atoms with Crippen molar-refractivity contribution in [2.45, 2.75) is 18.4 Å². The molecule has 1 N–H and O–H groups in total. The predicted molar refractivity (Wildman–Crippen MR) is 90.8 cm³/mol. The molecule has 0 aromatic heterocycles. The lowest BCUT2D eigenvalue weighted by atomic mass is 10.2. The van der Waals surface area contributed by atoms with E-state index in [-0.39, 0.29) is 11.4 Å². The molecule has 0 saturated carbocycles. The second-order valence-corrected chi connectivity index (χ2v) is 6.59. The Kier molecular flexibility index (Phi) is 5.87. The smallest absolute Gasteiger partial charge is 0.346 e. The van der Waals surface area contributed by atoms with E-state index in [0.717, 1.165) is 11.1 Å². The summed E-state index contributed by atoms with van der Waals surface area (Å²) in [7, 11) is -4.20. The van der Waals surface area contributed by atoms with E-state index in [1.807, 2.05) is 6.07 Å². The van der Waals surface area contributed by atoms with Crippen LogP contribution in [0.2, 0.25) is 0 Å². The van der Waals surface area contributed by atoms with Gasteiger partial charge in [-0.1, -0.05) is 48.0 Å². The molecular weight excluding hydrogens is 342 g/mol. The molecule has 0 aliphatic rings. The summed E-state index contributed by atoms with van der Waals surface area (Å²) < 4.78 is 28.4. The Balaban J connectivity index is 2.05. The first-order valence-electron chi connectivity index (χ1n) is 7.23. The number of carbonyl (C=O) groups excluding carboxylic acids is 1. The monoisotopic (exact) mass is 357 g/mol. The van der Waals surface area contributed by atoms with Gasteiger partial charge in [-0.3, -0.25) is 9.08 Å². The minimum Gasteiger partial charge on any atom is -0.346 e. The second kappa shape index (κ2) is 8.08. The molecule has 0 bridgehead atoms. The molecule has 0 saturated heterocycles. The van der Waals surface area contributed by atoms with Gasteiger partial charge in [0.25, 0.3) is 5.91 Å². The number of nitriles is 1. The van der Waals surface area contributed by atoms with Crippen LogP contribution < -0.4 is 5.32 Å². The fraction of sp³-hybridized carbons (Fsp3) is 0.118. The minimum atomic E-state index is -4.20. The van der Waals surface area contributed by atoms with Gasteiger partial charge in [0.1, 0.15) is 11.0 Å². The van der Waals surface area contributed by atoms with E-state index >= 15 is 0 Å². The Morgan fingerprint density at radius 2 is 1.80 bits per heavy atom. The summed E-state index contributed by atoms with van der Waals surface area (Å²) in [6, 6.07) is 16.4. The van der Waals surface area contributed by atoms with E-state index in [1.54, 1.807) is 43.3 Å². The fourth-order valence-corrected chi connectivity index (χ4v) is 2.54. The molecule has 7 nitrogen and oxygen atoms in total. The molecule has 0 aliphatic heterocycles. The van der Waals surface area contributed by atoms with Crippen LogP contribution in [0, 0.1) is 18.3 Å². The van der Waals surface area contributed by atoms with E-state index in [0.29, 0.717) is 0 Å². The lowest BCUT2D eigenvalue weighted by Gasteiger charge is -2.04. The van der Waals surface area contributed by atoms with Crippen LogP contribution >= 0.6 is 0 Å². The number of amides is 1. The molecule has 0 atom stereocenters. The van der Waals surface area contributed by atoms with Crippen molar-refractivity contribution in [2.75, 3.05) is 0 Å². The maximum absolute atomic E-state index is 12.0. The molecule has 2 rings (SSSR count). The van der Waals surface area contributed by atoms with Crippen molar-refractivity contribution < 1.29 is 17.5 Å². The van der Waals surface area contributed by atoms with Crippen molar-refractivity contribution in [2.24, 2.45) is 5.16 Å². The van der Waals surface area contributed by atoms with E-state index < -0.39 is 21.7 Å². The molecule has 0 radical (unpaired) electrons. The van der Waals surface area contributed by atoms with Crippen molar-refractivity contribution in [3.63, 3.8) is 0 Å². The number of nitrogens with one attached hydrogen (secondary N) is 1. The number of hydrogen-bond donors (Lipinski definition) is 1. The SMILES string of the molecule is Cc1ccc(S(=O)(=O)O/N=C(/C#N)C(=O)NCc2ccccc2)cc1. The van der Waals surface area contributed by atoms with Crippen molar-refractivity contribution in [3.05, 3.63) is 65.7 Å². The van der Waals surface area contributed by atoms with Gasteiger partial charge in [0.05, 0.1) is 0 Å². The van der Waals surface area contributed by atoms with E-state index in [4.69, 9.17) is 5.26 Å². The average Bonchev–Trinajstić information content (AvgIpc) is 2.61. The van der Waals surface area contributed by atoms with Gasteiger partial charge in [0.15, 0.2) is 0 Å². The minimum absolute atomic E-state index is 0.121. The standard InChI is InChI=1S/C17H15N3O4S/c1-13-7-9-15(10-8-13)25(22,23)24-20-16(11-18)17(21)19-12-14-5-3-2-4-6-14/h2-10H,12H2,1H3,(H,19,21)/b20-16-. The van der Waals surface area contributed by atoms with Crippen molar-refractivity contribution in [1.82, 2.24) is 5.32 Å². The molecule has 0 unspecified atom stereocenters. The van der Waals surface area contributed by atoms with Crippen LogP contribution in [0.3, 0.4) is 0 Å². The topological polar surface area (TPSA) is 109 Å². The maximum atomic E-state index is 12.0. The van der Waals surface area contributed by atoms with E-state index in [1.165, 1.54) is 18.2 Å². The van der Waals surface area contributed by atoms with Crippen LogP contribution in [0.1, 0.15) is 11.1 Å². The van der Waals surface area contributed by atoms with Crippen molar-refractivity contribution in [3.8, 4) is 6.07 Å². The highest BCUT2D eigenvalue weighted by atomic mass is 32.2. The third kappa shape index (κ3) is 5.16. The molecule has 2 aromatic carbocycles. The number of nitrogens with zero attached hydrogens (tertiary/aromatic N) is 2. The molecule has 0 heterocycles. The number of aryl methyl sites for hydroxylation is 1. The first-order valence-corrected chi connectivity index (χ1v) is 8.64. The first-order chi connectivity index (χ1) is 11.9. The maximum Gasteiger partial charge on any atom is 0.358 e. The van der Waals surface area contributed by atoms with Gasteiger partial charge >= 0.3 is 10.1 Å². The number of carbonyl (C=O) groups is 1. The molecule has 1 amide bonds. The zero-order valence-electron chi connectivity index (χ0n) is 13.3. The Labute approximate surface area is 145 Å². The van der Waals surface area contributed by atoms with Crippen LogP contribution in [-0.2, 0) is 25.7 Å². The summed E-state index contributed by atoms with van der Waals surface area (Å²) in [4.78, 5) is 11.8. The normalized spacial score (nSPS) is 11.4. The van der Waals surface area contributed by atoms with Crippen LogP contribution in [0.5, 0.6) is 0 Å². The van der Waals surface area contributed by atoms with Crippen LogP contribution in [0.4, 0.5) is 0 Å². The first kappa shape index (κ1) is 18.2. The molecule has 0 aliphatic carbocycles. The summed E-state index contributed by atoms with van der Waals surface area (Å²) in [5.41, 5.74) is 1.01. The van der Waals surface area contributed by atoms with E-state index in [9.17, 15) is 13.2 Å².